The highest BCUT2D eigenvalue weighted by atomic mass is 35.5. The normalized spacial score (nSPS) is 16.5. The number of rotatable bonds is 4. The van der Waals surface area contributed by atoms with Gasteiger partial charge in [-0.05, 0) is 92.3 Å². The van der Waals surface area contributed by atoms with Gasteiger partial charge in [-0.1, -0.05) is 23.7 Å². The Labute approximate surface area is 220 Å². The fourth-order valence-corrected chi connectivity index (χ4v) is 6.91. The van der Waals surface area contributed by atoms with Crippen LogP contribution in [0.1, 0.15) is 53.1 Å². The van der Waals surface area contributed by atoms with Crippen molar-refractivity contribution < 1.29 is 9.53 Å². The molecule has 5 nitrogen and oxygen atoms in total. The number of urea groups is 1. The molecule has 1 atom stereocenters. The van der Waals surface area contributed by atoms with E-state index in [2.05, 4.69) is 28.2 Å². The SMILES string of the molecule is CCOc1ccc(NC(=O)N2Cc3c(sc4c3CCCC4)-n3cccc3[C@H]2c2ccc(Cl)cc2)cc1. The van der Waals surface area contributed by atoms with Gasteiger partial charge in [0.2, 0.25) is 0 Å². The maximum absolute atomic E-state index is 14.0. The highest BCUT2D eigenvalue weighted by Gasteiger charge is 2.36. The number of carbonyl (C=O) groups is 1. The number of aromatic nitrogens is 1. The number of halogens is 1. The predicted molar refractivity (Wildman–Crippen MR) is 146 cm³/mol. The first-order valence-corrected chi connectivity index (χ1v) is 13.7. The number of amides is 2. The third kappa shape index (κ3) is 4.18. The van der Waals surface area contributed by atoms with Gasteiger partial charge >= 0.3 is 6.03 Å². The zero-order valence-corrected chi connectivity index (χ0v) is 21.7. The Morgan fingerprint density at radius 2 is 1.83 bits per heavy atom. The van der Waals surface area contributed by atoms with Crippen LogP contribution >= 0.6 is 22.9 Å². The summed E-state index contributed by atoms with van der Waals surface area (Å²) in [6.07, 6.45) is 6.78. The average molecular weight is 518 g/mol. The quantitative estimate of drug-likeness (QED) is 0.303. The van der Waals surface area contributed by atoms with E-state index in [1.165, 1.54) is 33.8 Å². The molecule has 0 saturated carbocycles. The van der Waals surface area contributed by atoms with Crippen LogP contribution in [-0.4, -0.2) is 22.1 Å². The van der Waals surface area contributed by atoms with E-state index in [9.17, 15) is 4.79 Å². The molecule has 1 N–H and O–H groups in total. The molecular formula is C29H28ClN3O2S. The van der Waals surface area contributed by atoms with E-state index >= 15 is 0 Å². The van der Waals surface area contributed by atoms with E-state index in [1.54, 1.807) is 0 Å². The maximum Gasteiger partial charge on any atom is 0.322 e. The summed E-state index contributed by atoms with van der Waals surface area (Å²) < 4.78 is 7.85. The molecule has 1 aliphatic heterocycles. The standard InChI is InChI=1S/C29H28ClN3O2S/c1-2-35-22-15-13-21(14-16-22)31-29(34)33-18-24-23-6-3-4-8-26(23)36-28(24)32-17-5-7-25(32)27(33)19-9-11-20(30)12-10-19/h5,7,9-17,27H,2-4,6,8,18H2,1H3,(H,31,34)/t27-/m1/s1. The molecule has 3 heterocycles. The van der Waals surface area contributed by atoms with Crippen LogP contribution < -0.4 is 10.1 Å². The lowest BCUT2D eigenvalue weighted by molar-refractivity contribution is 0.194. The summed E-state index contributed by atoms with van der Waals surface area (Å²) >= 11 is 8.12. The second-order valence-corrected chi connectivity index (χ2v) is 10.8. The molecule has 6 rings (SSSR count). The molecule has 0 fully saturated rings. The molecule has 1 aliphatic carbocycles. The van der Waals surface area contributed by atoms with E-state index in [1.807, 2.05) is 71.7 Å². The van der Waals surface area contributed by atoms with Gasteiger partial charge in [0.25, 0.3) is 0 Å². The Hall–Kier alpha value is -3.22. The maximum atomic E-state index is 14.0. The van der Waals surface area contributed by atoms with E-state index in [0.717, 1.165) is 35.5 Å². The number of thiophene rings is 1. The third-order valence-electron chi connectivity index (χ3n) is 7.04. The second kappa shape index (κ2) is 9.68. The summed E-state index contributed by atoms with van der Waals surface area (Å²) in [5.74, 6) is 0.789. The number of nitrogens with zero attached hydrogens (tertiary/aromatic N) is 2. The summed E-state index contributed by atoms with van der Waals surface area (Å²) in [5, 5.41) is 5.07. The molecule has 2 amide bonds. The van der Waals surface area contributed by atoms with Crippen LogP contribution in [0.25, 0.3) is 5.00 Å². The number of hydrogen-bond donors (Lipinski definition) is 1. The van der Waals surface area contributed by atoms with Crippen LogP contribution in [0.4, 0.5) is 10.5 Å². The lowest BCUT2D eigenvalue weighted by Gasteiger charge is -2.31. The minimum absolute atomic E-state index is 0.129. The largest absolute Gasteiger partial charge is 0.494 e. The fraction of sp³-hybridized carbons (Fsp3) is 0.276. The Balaban J connectivity index is 1.43. The minimum atomic E-state index is -0.251. The Bertz CT molecular complexity index is 1390. The van der Waals surface area contributed by atoms with Gasteiger partial charge in [0.1, 0.15) is 10.8 Å². The fourth-order valence-electron chi connectivity index (χ4n) is 5.38. The number of hydrogen-bond acceptors (Lipinski definition) is 3. The Morgan fingerprint density at radius 3 is 2.61 bits per heavy atom. The summed E-state index contributed by atoms with van der Waals surface area (Å²) in [6.45, 7) is 3.12. The Kier molecular flexibility index (Phi) is 6.23. The lowest BCUT2D eigenvalue weighted by Crippen LogP contribution is -2.38. The van der Waals surface area contributed by atoms with Crippen molar-refractivity contribution in [3.05, 3.63) is 99.1 Å². The van der Waals surface area contributed by atoms with Crippen molar-refractivity contribution in [2.24, 2.45) is 0 Å². The van der Waals surface area contributed by atoms with Crippen LogP contribution in [0.5, 0.6) is 5.75 Å². The van der Waals surface area contributed by atoms with E-state index in [-0.39, 0.29) is 12.1 Å². The number of fused-ring (bicyclic) bond motifs is 5. The number of ether oxygens (including phenoxy) is 1. The number of nitrogens with one attached hydrogen (secondary N) is 1. The zero-order valence-electron chi connectivity index (χ0n) is 20.2. The molecule has 0 radical (unpaired) electrons. The topological polar surface area (TPSA) is 46.5 Å². The van der Waals surface area contributed by atoms with Crippen LogP contribution in [0, 0.1) is 0 Å². The van der Waals surface area contributed by atoms with Crippen molar-refractivity contribution in [3.8, 4) is 10.8 Å². The molecular weight excluding hydrogens is 490 g/mol. The molecule has 184 valence electrons. The molecule has 7 heteroatoms. The molecule has 2 aliphatic rings. The van der Waals surface area contributed by atoms with E-state index in [4.69, 9.17) is 16.3 Å². The molecule has 2 aromatic heterocycles. The van der Waals surface area contributed by atoms with E-state index < -0.39 is 0 Å². The van der Waals surface area contributed by atoms with Crippen molar-refractivity contribution in [1.29, 1.82) is 0 Å². The lowest BCUT2D eigenvalue weighted by atomic mass is 9.95. The molecule has 4 aromatic rings. The summed E-state index contributed by atoms with van der Waals surface area (Å²) in [4.78, 5) is 17.4. The number of anilines is 1. The molecule has 0 unspecified atom stereocenters. The zero-order chi connectivity index (χ0) is 24.6. The van der Waals surface area contributed by atoms with Crippen molar-refractivity contribution in [2.45, 2.75) is 45.2 Å². The third-order valence-corrected chi connectivity index (χ3v) is 8.63. The monoisotopic (exact) mass is 517 g/mol. The van der Waals surface area contributed by atoms with Gasteiger partial charge in [0.05, 0.1) is 24.9 Å². The molecule has 36 heavy (non-hydrogen) atoms. The highest BCUT2D eigenvalue weighted by Crippen LogP contribution is 2.44. The van der Waals surface area contributed by atoms with Crippen LogP contribution in [0.15, 0.2) is 66.9 Å². The highest BCUT2D eigenvalue weighted by molar-refractivity contribution is 7.15. The van der Waals surface area contributed by atoms with Gasteiger partial charge in [-0.2, -0.15) is 0 Å². The number of benzene rings is 2. The second-order valence-electron chi connectivity index (χ2n) is 9.27. The number of aryl methyl sites for hydroxylation is 1. The average Bonchev–Trinajstić information content (AvgIpc) is 3.48. The molecule has 0 bridgehead atoms. The summed E-state index contributed by atoms with van der Waals surface area (Å²) in [6, 6.07) is 19.2. The first-order chi connectivity index (χ1) is 17.6. The van der Waals surface area contributed by atoms with E-state index in [0.29, 0.717) is 18.2 Å². The first kappa shape index (κ1) is 23.2. The first-order valence-electron chi connectivity index (χ1n) is 12.5. The van der Waals surface area contributed by atoms with Crippen LogP contribution in [-0.2, 0) is 19.4 Å². The molecule has 0 spiro atoms. The smallest absolute Gasteiger partial charge is 0.322 e. The van der Waals surface area contributed by atoms with Crippen LogP contribution in [0.2, 0.25) is 5.02 Å². The molecule has 0 saturated heterocycles. The van der Waals surface area contributed by atoms with Gasteiger partial charge in [-0.15, -0.1) is 11.3 Å². The van der Waals surface area contributed by atoms with Crippen molar-refractivity contribution in [2.75, 3.05) is 11.9 Å². The van der Waals surface area contributed by atoms with Crippen molar-refractivity contribution in [3.63, 3.8) is 0 Å². The van der Waals surface area contributed by atoms with Gasteiger partial charge in [0.15, 0.2) is 0 Å². The Morgan fingerprint density at radius 1 is 1.06 bits per heavy atom. The predicted octanol–water partition coefficient (Wildman–Crippen LogP) is 7.61. The molecule has 2 aromatic carbocycles. The van der Waals surface area contributed by atoms with Gasteiger partial charge in [-0.25, -0.2) is 4.79 Å². The summed E-state index contributed by atoms with van der Waals surface area (Å²) in [7, 11) is 0. The number of carbonyl (C=O) groups excluding carboxylic acids is 1. The van der Waals surface area contributed by atoms with Gasteiger partial charge < -0.3 is 19.5 Å². The van der Waals surface area contributed by atoms with Crippen LogP contribution in [0.3, 0.4) is 0 Å². The van der Waals surface area contributed by atoms with Gasteiger partial charge in [0, 0.05) is 27.3 Å². The minimum Gasteiger partial charge on any atom is -0.494 e. The summed E-state index contributed by atoms with van der Waals surface area (Å²) in [5.41, 5.74) is 5.58. The van der Waals surface area contributed by atoms with Gasteiger partial charge in [-0.3, -0.25) is 0 Å². The van der Waals surface area contributed by atoms with Crippen molar-refractivity contribution in [1.82, 2.24) is 9.47 Å². The van der Waals surface area contributed by atoms with Crippen molar-refractivity contribution >= 4 is 34.7 Å².